The molecule has 0 spiro atoms. The highest BCUT2D eigenvalue weighted by Gasteiger charge is 2.39. The molecule has 1 aliphatic carbocycles. The zero-order valence-electron chi connectivity index (χ0n) is 22.9. The number of anilines is 1. The standard InChI is InChI=1S/C30H33F3N4O3S/c1-35(22-13-17-37(18-14-22)23-11-15-34-16-12-23)28(38)21-8-7-20-9-10-27(25(20)19-21)36(2)29(41(39)40)24-5-3-4-6-26(24)30(31,32)33/h3-8,11-12,15-16,19,22,27,29,41H,9-10,13-14,17-18H2,1-2H3. The Morgan fingerprint density at radius 3 is 2.34 bits per heavy atom. The SMILES string of the molecule is CN(C(=O)c1ccc2c(c1)C(N(C)C(c1ccccc1C(F)(F)F)[SH](=O)=O)CC2)C1CCN(c2ccncc2)CC1. The van der Waals surface area contributed by atoms with E-state index in [-0.39, 0.29) is 17.5 Å². The van der Waals surface area contributed by atoms with Crippen molar-refractivity contribution in [2.75, 3.05) is 32.1 Å². The number of carbonyl (C=O) groups excluding carboxylic acids is 1. The molecule has 1 saturated heterocycles. The molecule has 0 bridgehead atoms. The van der Waals surface area contributed by atoms with E-state index in [1.54, 1.807) is 43.5 Å². The molecule has 7 nitrogen and oxygen atoms in total. The second kappa shape index (κ2) is 11.8. The second-order valence-corrected chi connectivity index (χ2v) is 11.8. The number of aromatic nitrogens is 1. The quantitative estimate of drug-likeness (QED) is 0.390. The maximum atomic E-state index is 13.8. The predicted octanol–water partition coefficient (Wildman–Crippen LogP) is 5.07. The first-order valence-corrected chi connectivity index (χ1v) is 14.9. The van der Waals surface area contributed by atoms with Gasteiger partial charge in [0, 0.05) is 55.9 Å². The highest BCUT2D eigenvalue weighted by Crippen LogP contribution is 2.43. The first-order valence-electron chi connectivity index (χ1n) is 13.6. The minimum atomic E-state index is -4.69. The molecule has 1 fully saturated rings. The highest BCUT2D eigenvalue weighted by molar-refractivity contribution is 7.72. The zero-order chi connectivity index (χ0) is 29.3. The number of nitrogens with zero attached hydrogens (tertiary/aromatic N) is 4. The molecule has 1 aliphatic heterocycles. The van der Waals surface area contributed by atoms with Gasteiger partial charge in [-0.25, -0.2) is 8.42 Å². The van der Waals surface area contributed by atoms with Gasteiger partial charge in [0.05, 0.1) is 5.56 Å². The third-order valence-corrected chi connectivity index (χ3v) is 9.46. The van der Waals surface area contributed by atoms with E-state index in [0.717, 1.165) is 48.8 Å². The van der Waals surface area contributed by atoms with Crippen LogP contribution in [0.5, 0.6) is 0 Å². The van der Waals surface area contributed by atoms with Crippen molar-refractivity contribution in [2.45, 2.75) is 49.3 Å². The number of carbonyl (C=O) groups is 1. The van der Waals surface area contributed by atoms with Gasteiger partial charge in [0.1, 0.15) is 5.37 Å². The number of pyridine rings is 1. The van der Waals surface area contributed by atoms with E-state index in [1.165, 1.54) is 23.1 Å². The zero-order valence-corrected chi connectivity index (χ0v) is 23.8. The Bertz CT molecular complexity index is 1470. The van der Waals surface area contributed by atoms with E-state index in [4.69, 9.17) is 0 Å². The molecule has 0 saturated carbocycles. The first kappa shape index (κ1) is 29.1. The minimum absolute atomic E-state index is 0.0695. The van der Waals surface area contributed by atoms with Gasteiger partial charge in [-0.3, -0.25) is 14.7 Å². The molecule has 1 amide bonds. The van der Waals surface area contributed by atoms with E-state index in [1.807, 2.05) is 18.2 Å². The lowest BCUT2D eigenvalue weighted by Gasteiger charge is -2.38. The fraction of sp³-hybridized carbons (Fsp3) is 0.400. The Hall–Kier alpha value is -3.44. The Balaban J connectivity index is 1.35. The summed E-state index contributed by atoms with van der Waals surface area (Å²) in [6.45, 7) is 1.63. The van der Waals surface area contributed by atoms with Crippen LogP contribution >= 0.6 is 0 Å². The van der Waals surface area contributed by atoms with Gasteiger partial charge >= 0.3 is 6.18 Å². The van der Waals surface area contributed by atoms with Crippen LogP contribution in [0, 0.1) is 0 Å². The van der Waals surface area contributed by atoms with Gasteiger partial charge in [0.25, 0.3) is 5.91 Å². The normalized spacial score (nSPS) is 18.5. The number of rotatable bonds is 7. The van der Waals surface area contributed by atoms with E-state index in [2.05, 4.69) is 9.88 Å². The third-order valence-electron chi connectivity index (χ3n) is 8.42. The highest BCUT2D eigenvalue weighted by atomic mass is 32.2. The van der Waals surface area contributed by atoms with Crippen LogP contribution in [0.25, 0.3) is 0 Å². The van der Waals surface area contributed by atoms with Crippen molar-refractivity contribution in [1.82, 2.24) is 14.8 Å². The van der Waals surface area contributed by atoms with Crippen molar-refractivity contribution in [3.05, 3.63) is 94.8 Å². The van der Waals surface area contributed by atoms with Crippen molar-refractivity contribution in [3.63, 3.8) is 0 Å². The van der Waals surface area contributed by atoms with Gasteiger partial charge < -0.3 is 9.80 Å². The lowest BCUT2D eigenvalue weighted by atomic mass is 9.99. The molecule has 2 atom stereocenters. The van der Waals surface area contributed by atoms with Crippen LogP contribution in [0.2, 0.25) is 0 Å². The molecule has 41 heavy (non-hydrogen) atoms. The van der Waals surface area contributed by atoms with Crippen LogP contribution < -0.4 is 4.90 Å². The van der Waals surface area contributed by atoms with Gasteiger partial charge in [0.2, 0.25) is 0 Å². The number of hydrogen-bond acceptors (Lipinski definition) is 6. The number of fused-ring (bicyclic) bond motifs is 1. The summed E-state index contributed by atoms with van der Waals surface area (Å²) in [5.41, 5.74) is 2.09. The Morgan fingerprint density at radius 2 is 1.68 bits per heavy atom. The maximum Gasteiger partial charge on any atom is 0.416 e. The van der Waals surface area contributed by atoms with Crippen LogP contribution in [0.15, 0.2) is 67.0 Å². The van der Waals surface area contributed by atoms with E-state index in [9.17, 15) is 26.4 Å². The summed E-state index contributed by atoms with van der Waals surface area (Å²) in [4.78, 5) is 23.2. The van der Waals surface area contributed by atoms with Gasteiger partial charge in [-0.15, -0.1) is 0 Å². The molecule has 11 heteroatoms. The smallest absolute Gasteiger partial charge is 0.371 e. The monoisotopic (exact) mass is 586 g/mol. The summed E-state index contributed by atoms with van der Waals surface area (Å²) in [7, 11) is 0.0804. The number of benzene rings is 2. The molecule has 3 aromatic rings. The average Bonchev–Trinajstić information content (AvgIpc) is 3.40. The van der Waals surface area contributed by atoms with Gasteiger partial charge in [-0.05, 0) is 79.8 Å². The number of alkyl halides is 3. The number of amides is 1. The fourth-order valence-electron chi connectivity index (χ4n) is 6.20. The molecule has 0 N–H and O–H groups in total. The lowest BCUT2D eigenvalue weighted by molar-refractivity contribution is -0.138. The number of piperidine rings is 1. The number of thiol groups is 1. The Morgan fingerprint density at radius 1 is 1.00 bits per heavy atom. The summed E-state index contributed by atoms with van der Waals surface area (Å²) in [6.07, 6.45) is 1.67. The van der Waals surface area contributed by atoms with Gasteiger partial charge in [-0.1, -0.05) is 24.3 Å². The molecule has 218 valence electrons. The number of aryl methyl sites for hydroxylation is 1. The summed E-state index contributed by atoms with van der Waals surface area (Å²) in [5, 5.41) is -1.47. The van der Waals surface area contributed by atoms with Gasteiger partial charge in [-0.2, -0.15) is 13.2 Å². The number of hydrogen-bond donors (Lipinski definition) is 1. The second-order valence-electron chi connectivity index (χ2n) is 10.7. The molecule has 5 rings (SSSR count). The fourth-order valence-corrected chi connectivity index (χ4v) is 7.12. The summed E-state index contributed by atoms with van der Waals surface area (Å²) in [5.74, 6) is -0.127. The lowest BCUT2D eigenvalue weighted by Crippen LogP contribution is -2.45. The topological polar surface area (TPSA) is 73.8 Å². The van der Waals surface area contributed by atoms with Crippen molar-refractivity contribution >= 4 is 22.3 Å². The van der Waals surface area contributed by atoms with Gasteiger partial charge in [0.15, 0.2) is 10.7 Å². The van der Waals surface area contributed by atoms with Crippen molar-refractivity contribution in [3.8, 4) is 0 Å². The van der Waals surface area contributed by atoms with Crippen LogP contribution in [0.4, 0.5) is 18.9 Å². The minimum Gasteiger partial charge on any atom is -0.371 e. The molecular weight excluding hydrogens is 553 g/mol. The Kier molecular flexibility index (Phi) is 8.37. The largest absolute Gasteiger partial charge is 0.416 e. The number of halogens is 3. The van der Waals surface area contributed by atoms with Crippen LogP contribution in [-0.4, -0.2) is 62.3 Å². The third kappa shape index (κ3) is 5.97. The van der Waals surface area contributed by atoms with Crippen molar-refractivity contribution in [2.24, 2.45) is 0 Å². The van der Waals surface area contributed by atoms with E-state index >= 15 is 0 Å². The van der Waals surface area contributed by atoms with Crippen molar-refractivity contribution in [1.29, 1.82) is 0 Å². The summed E-state index contributed by atoms with van der Waals surface area (Å²) >= 11 is 0. The van der Waals surface area contributed by atoms with Crippen LogP contribution in [0.3, 0.4) is 0 Å². The van der Waals surface area contributed by atoms with Crippen LogP contribution in [-0.2, 0) is 23.3 Å². The van der Waals surface area contributed by atoms with E-state index < -0.39 is 33.9 Å². The molecule has 2 aliphatic rings. The van der Waals surface area contributed by atoms with Crippen LogP contribution in [0.1, 0.15) is 63.3 Å². The molecule has 2 unspecified atom stereocenters. The molecule has 1 aromatic heterocycles. The Labute approximate surface area is 239 Å². The average molecular weight is 587 g/mol. The molecule has 2 aromatic carbocycles. The maximum absolute atomic E-state index is 13.8. The molecule has 0 radical (unpaired) electrons. The van der Waals surface area contributed by atoms with Crippen molar-refractivity contribution < 1.29 is 26.4 Å². The van der Waals surface area contributed by atoms with E-state index in [0.29, 0.717) is 18.4 Å². The predicted molar refractivity (Wildman–Crippen MR) is 151 cm³/mol. The first-order chi connectivity index (χ1) is 19.6. The summed E-state index contributed by atoms with van der Waals surface area (Å²) < 4.78 is 66.1. The molecule has 2 heterocycles. The summed E-state index contributed by atoms with van der Waals surface area (Å²) in [6, 6.07) is 13.8. The molecular formula is C30H33F3N4O3S.